The molecule has 2 heterocycles. The zero-order valence-corrected chi connectivity index (χ0v) is 7.82. The van der Waals surface area contributed by atoms with E-state index >= 15 is 0 Å². The number of hydrogen-bond acceptors (Lipinski definition) is 4. The van der Waals surface area contributed by atoms with E-state index < -0.39 is 0 Å². The van der Waals surface area contributed by atoms with Crippen molar-refractivity contribution in [3.05, 3.63) is 22.7 Å². The number of H-pyrrole nitrogens is 1. The average molecular weight is 195 g/mol. The van der Waals surface area contributed by atoms with Crippen molar-refractivity contribution < 1.29 is 4.74 Å². The number of hydrogen-bond donors (Lipinski definition) is 2. The van der Waals surface area contributed by atoms with Crippen molar-refractivity contribution >= 4 is 0 Å². The van der Waals surface area contributed by atoms with E-state index in [0.29, 0.717) is 5.88 Å². The predicted molar refractivity (Wildman–Crippen MR) is 51.4 cm³/mol. The molecule has 0 spiro atoms. The van der Waals surface area contributed by atoms with Crippen molar-refractivity contribution in [2.45, 2.75) is 18.9 Å². The van der Waals surface area contributed by atoms with Crippen molar-refractivity contribution in [1.29, 1.82) is 0 Å². The lowest BCUT2D eigenvalue weighted by molar-refractivity contribution is 0.160. The Morgan fingerprint density at radius 3 is 3.21 bits per heavy atom. The molecule has 0 saturated carbocycles. The summed E-state index contributed by atoms with van der Waals surface area (Å²) in [7, 11) is 0. The topological polar surface area (TPSA) is 67.0 Å². The summed E-state index contributed by atoms with van der Waals surface area (Å²) in [5, 5.41) is 3.23. The zero-order chi connectivity index (χ0) is 9.80. The van der Waals surface area contributed by atoms with Crippen LogP contribution >= 0.6 is 0 Å². The molecule has 5 heteroatoms. The Labute approximate surface area is 81.5 Å². The fourth-order valence-corrected chi connectivity index (χ4v) is 1.51. The van der Waals surface area contributed by atoms with Crippen LogP contribution in [0.5, 0.6) is 5.88 Å². The first-order valence-electron chi connectivity index (χ1n) is 4.77. The van der Waals surface area contributed by atoms with Crippen LogP contribution in [-0.4, -0.2) is 29.2 Å². The van der Waals surface area contributed by atoms with Crippen molar-refractivity contribution in [2.24, 2.45) is 0 Å². The van der Waals surface area contributed by atoms with E-state index in [1.165, 1.54) is 12.4 Å². The summed E-state index contributed by atoms with van der Waals surface area (Å²) in [4.78, 5) is 17.3. The first-order chi connectivity index (χ1) is 6.84. The van der Waals surface area contributed by atoms with Gasteiger partial charge in [0, 0.05) is 6.54 Å². The van der Waals surface area contributed by atoms with Gasteiger partial charge in [0.1, 0.15) is 6.10 Å². The second-order valence-corrected chi connectivity index (χ2v) is 3.34. The molecule has 2 N–H and O–H groups in total. The number of aromatic amines is 1. The number of nitrogens with zero attached hydrogens (tertiary/aromatic N) is 1. The molecule has 1 unspecified atom stereocenters. The highest BCUT2D eigenvalue weighted by Crippen LogP contribution is 2.09. The molecule has 1 atom stereocenters. The highest BCUT2D eigenvalue weighted by molar-refractivity contribution is 5.05. The average Bonchev–Trinajstić information content (AvgIpc) is 2.19. The van der Waals surface area contributed by atoms with Crippen LogP contribution in [0.2, 0.25) is 0 Å². The molecule has 1 aliphatic heterocycles. The maximum Gasteiger partial charge on any atom is 0.254 e. The van der Waals surface area contributed by atoms with E-state index in [4.69, 9.17) is 4.74 Å². The molecule has 1 saturated heterocycles. The monoisotopic (exact) mass is 195 g/mol. The lowest BCUT2D eigenvalue weighted by Crippen LogP contribution is -2.37. The number of piperidine rings is 1. The van der Waals surface area contributed by atoms with E-state index in [1.54, 1.807) is 0 Å². The summed E-state index contributed by atoms with van der Waals surface area (Å²) in [6, 6.07) is 1.37. The number of nitrogens with one attached hydrogen (secondary N) is 2. The van der Waals surface area contributed by atoms with Crippen molar-refractivity contribution in [2.75, 3.05) is 13.1 Å². The third-order valence-electron chi connectivity index (χ3n) is 2.19. The van der Waals surface area contributed by atoms with Crippen LogP contribution < -0.4 is 15.6 Å². The van der Waals surface area contributed by atoms with Crippen LogP contribution in [0.25, 0.3) is 0 Å². The number of rotatable bonds is 2. The Kier molecular flexibility index (Phi) is 2.78. The lowest BCUT2D eigenvalue weighted by atomic mass is 10.1. The Balaban J connectivity index is 1.99. The van der Waals surface area contributed by atoms with Crippen molar-refractivity contribution in [1.82, 2.24) is 15.3 Å². The molecule has 0 aromatic carbocycles. The van der Waals surface area contributed by atoms with Gasteiger partial charge in [-0.1, -0.05) is 0 Å². The largest absolute Gasteiger partial charge is 0.473 e. The standard InChI is InChI=1S/C9H13N3O2/c13-8-4-9(12-6-11-8)14-7-2-1-3-10-5-7/h4,6-7,10H,1-3,5H2,(H,11,12,13). The summed E-state index contributed by atoms with van der Waals surface area (Å²) in [5.74, 6) is 0.405. The van der Waals surface area contributed by atoms with E-state index in [-0.39, 0.29) is 11.7 Å². The maximum absolute atomic E-state index is 10.9. The summed E-state index contributed by atoms with van der Waals surface area (Å²) in [5.41, 5.74) is -0.182. The normalized spacial score (nSPS) is 21.9. The molecular weight excluding hydrogens is 182 g/mol. The summed E-state index contributed by atoms with van der Waals surface area (Å²) in [6.07, 6.45) is 3.61. The van der Waals surface area contributed by atoms with Crippen molar-refractivity contribution in [3.63, 3.8) is 0 Å². The maximum atomic E-state index is 10.9. The minimum atomic E-state index is -0.182. The van der Waals surface area contributed by atoms with Crippen LogP contribution in [0.3, 0.4) is 0 Å². The molecule has 1 fully saturated rings. The fraction of sp³-hybridized carbons (Fsp3) is 0.556. The molecule has 1 aromatic rings. The zero-order valence-electron chi connectivity index (χ0n) is 7.82. The highest BCUT2D eigenvalue weighted by Gasteiger charge is 2.14. The Morgan fingerprint density at radius 1 is 1.57 bits per heavy atom. The van der Waals surface area contributed by atoms with Gasteiger partial charge in [-0.15, -0.1) is 0 Å². The molecule has 1 aliphatic rings. The molecule has 0 amide bonds. The Hall–Kier alpha value is -1.36. The van der Waals surface area contributed by atoms with Gasteiger partial charge in [-0.05, 0) is 19.4 Å². The minimum absolute atomic E-state index is 0.137. The summed E-state index contributed by atoms with van der Waals surface area (Å²) >= 11 is 0. The van der Waals surface area contributed by atoms with Gasteiger partial charge in [0.05, 0.1) is 12.4 Å². The molecule has 0 bridgehead atoms. The molecule has 1 aromatic heterocycles. The first-order valence-corrected chi connectivity index (χ1v) is 4.77. The van der Waals surface area contributed by atoms with Crippen LogP contribution in [0.4, 0.5) is 0 Å². The van der Waals surface area contributed by atoms with Gasteiger partial charge in [-0.25, -0.2) is 4.98 Å². The van der Waals surface area contributed by atoms with Gasteiger partial charge in [0.2, 0.25) is 5.88 Å². The van der Waals surface area contributed by atoms with E-state index in [0.717, 1.165) is 25.9 Å². The lowest BCUT2D eigenvalue weighted by Gasteiger charge is -2.22. The summed E-state index contributed by atoms with van der Waals surface area (Å²) in [6.45, 7) is 1.87. The number of aromatic nitrogens is 2. The van der Waals surface area contributed by atoms with Gasteiger partial charge in [-0.3, -0.25) is 4.79 Å². The third-order valence-corrected chi connectivity index (χ3v) is 2.19. The Bertz CT molecular complexity index is 344. The van der Waals surface area contributed by atoms with E-state index in [2.05, 4.69) is 15.3 Å². The van der Waals surface area contributed by atoms with E-state index in [9.17, 15) is 4.79 Å². The highest BCUT2D eigenvalue weighted by atomic mass is 16.5. The first kappa shape index (κ1) is 9.21. The smallest absolute Gasteiger partial charge is 0.254 e. The molecular formula is C9H13N3O2. The third kappa shape index (κ3) is 2.32. The predicted octanol–water partition coefficient (Wildman–Crippen LogP) is -0.0993. The van der Waals surface area contributed by atoms with Crippen LogP contribution in [0, 0.1) is 0 Å². The molecule has 0 aliphatic carbocycles. The van der Waals surface area contributed by atoms with Gasteiger partial charge in [-0.2, -0.15) is 0 Å². The van der Waals surface area contributed by atoms with E-state index in [1.807, 2.05) is 0 Å². The molecule has 14 heavy (non-hydrogen) atoms. The van der Waals surface area contributed by atoms with Gasteiger partial charge < -0.3 is 15.0 Å². The van der Waals surface area contributed by atoms with Gasteiger partial charge >= 0.3 is 0 Å². The van der Waals surface area contributed by atoms with Gasteiger partial charge in [0.25, 0.3) is 5.56 Å². The SMILES string of the molecule is O=c1cc(OC2CCCNC2)nc[nH]1. The van der Waals surface area contributed by atoms with Gasteiger partial charge in [0.15, 0.2) is 0 Å². The summed E-state index contributed by atoms with van der Waals surface area (Å²) < 4.78 is 5.54. The molecule has 0 radical (unpaired) electrons. The van der Waals surface area contributed by atoms with Crippen LogP contribution in [0.1, 0.15) is 12.8 Å². The van der Waals surface area contributed by atoms with Crippen LogP contribution in [-0.2, 0) is 0 Å². The fourth-order valence-electron chi connectivity index (χ4n) is 1.51. The quantitative estimate of drug-likeness (QED) is 0.691. The van der Waals surface area contributed by atoms with Crippen LogP contribution in [0.15, 0.2) is 17.2 Å². The minimum Gasteiger partial charge on any atom is -0.473 e. The molecule has 5 nitrogen and oxygen atoms in total. The molecule has 76 valence electrons. The second-order valence-electron chi connectivity index (χ2n) is 3.34. The second kappa shape index (κ2) is 4.23. The Morgan fingerprint density at radius 2 is 2.50 bits per heavy atom. The van der Waals surface area contributed by atoms with Crippen molar-refractivity contribution in [3.8, 4) is 5.88 Å². The number of ether oxygens (including phenoxy) is 1. The molecule has 2 rings (SSSR count).